The third-order valence-corrected chi connectivity index (χ3v) is 14.3. The molecule has 1 heteroatoms. The van der Waals surface area contributed by atoms with Crippen molar-refractivity contribution in [2.45, 2.75) is 0 Å². The standard InChI is InChI=1S/C60H36S/c1-5-21-45-37(13-1)29-33-41-17-9-25-49(53(41)45)57-58(50-26-10-18-42-34-30-38-14-2-6-22-46(38)54(42)50)60(52-28-12-20-44-36-32-40-16-4-8-24-48(40)56(44)52)61-59(57)51-27-11-19-43-35-31-39-15-3-7-23-47(39)55(43)51/h1-36H. The molecule has 0 amide bonds. The van der Waals surface area contributed by atoms with E-state index in [1.165, 1.54) is 129 Å². The fraction of sp³-hybridized carbons (Fsp3) is 0. The zero-order chi connectivity index (χ0) is 40.0. The number of thiophene rings is 1. The summed E-state index contributed by atoms with van der Waals surface area (Å²) in [5.74, 6) is 0. The van der Waals surface area contributed by atoms with Crippen molar-refractivity contribution in [3.05, 3.63) is 218 Å². The first kappa shape index (κ1) is 34.3. The molecule has 13 aromatic rings. The average Bonchev–Trinajstić information content (AvgIpc) is 3.73. The van der Waals surface area contributed by atoms with Crippen molar-refractivity contribution in [2.24, 2.45) is 0 Å². The molecule has 12 aromatic carbocycles. The molecule has 0 fully saturated rings. The lowest BCUT2D eigenvalue weighted by Crippen LogP contribution is -1.91. The number of hydrogen-bond donors (Lipinski definition) is 0. The van der Waals surface area contributed by atoms with E-state index in [0.717, 1.165) is 0 Å². The normalized spacial score (nSPS) is 11.9. The quantitative estimate of drug-likeness (QED) is 0.156. The van der Waals surface area contributed by atoms with Crippen LogP contribution in [0.1, 0.15) is 0 Å². The molecule has 0 unspecified atom stereocenters. The second-order valence-corrected chi connectivity index (χ2v) is 17.3. The molecule has 0 radical (unpaired) electrons. The van der Waals surface area contributed by atoms with Crippen LogP contribution in [0.5, 0.6) is 0 Å². The van der Waals surface area contributed by atoms with Crippen molar-refractivity contribution in [1.29, 1.82) is 0 Å². The molecule has 0 aliphatic rings. The van der Waals surface area contributed by atoms with Gasteiger partial charge in [0.25, 0.3) is 0 Å². The van der Waals surface area contributed by atoms with Gasteiger partial charge in [-0.05, 0) is 97.3 Å². The Morgan fingerprint density at radius 1 is 0.197 bits per heavy atom. The zero-order valence-electron chi connectivity index (χ0n) is 33.2. The molecule has 13 rings (SSSR count). The Morgan fingerprint density at radius 2 is 0.443 bits per heavy atom. The highest BCUT2D eigenvalue weighted by Crippen LogP contribution is 2.57. The molecule has 0 aliphatic carbocycles. The number of rotatable bonds is 4. The topological polar surface area (TPSA) is 0 Å². The van der Waals surface area contributed by atoms with Gasteiger partial charge in [-0.25, -0.2) is 0 Å². The number of benzene rings is 12. The Kier molecular flexibility index (Phi) is 7.58. The van der Waals surface area contributed by atoms with E-state index in [4.69, 9.17) is 0 Å². The first-order valence-electron chi connectivity index (χ1n) is 21.1. The molecule has 61 heavy (non-hydrogen) atoms. The Labute approximate surface area is 357 Å². The van der Waals surface area contributed by atoms with Gasteiger partial charge in [0.1, 0.15) is 0 Å². The van der Waals surface area contributed by atoms with E-state index in [-0.39, 0.29) is 0 Å². The summed E-state index contributed by atoms with van der Waals surface area (Å²) in [4.78, 5) is 2.56. The van der Waals surface area contributed by atoms with Crippen LogP contribution in [0.2, 0.25) is 0 Å². The maximum absolute atomic E-state index is 2.39. The molecular weight excluding hydrogens is 753 g/mol. The van der Waals surface area contributed by atoms with E-state index in [0.29, 0.717) is 0 Å². The summed E-state index contributed by atoms with van der Waals surface area (Å²) in [6, 6.07) is 81.6. The predicted molar refractivity (Wildman–Crippen MR) is 266 cm³/mol. The van der Waals surface area contributed by atoms with Gasteiger partial charge in [0, 0.05) is 32.0 Å². The van der Waals surface area contributed by atoms with Gasteiger partial charge in [0.15, 0.2) is 0 Å². The summed E-state index contributed by atoms with van der Waals surface area (Å²) < 4.78 is 0. The Bertz CT molecular complexity index is 3680. The molecular formula is C60H36S. The van der Waals surface area contributed by atoms with E-state index in [1.54, 1.807) is 0 Å². The summed E-state index contributed by atoms with van der Waals surface area (Å²) in [5.41, 5.74) is 7.58. The van der Waals surface area contributed by atoms with Crippen molar-refractivity contribution < 1.29 is 0 Å². The molecule has 0 saturated heterocycles. The Hall–Kier alpha value is -7.58. The van der Waals surface area contributed by atoms with E-state index in [2.05, 4.69) is 218 Å². The Balaban J connectivity index is 1.30. The molecule has 0 aliphatic heterocycles. The molecule has 1 heterocycles. The maximum Gasteiger partial charge on any atom is 0.0440 e. The second-order valence-electron chi connectivity index (χ2n) is 16.3. The van der Waals surface area contributed by atoms with Gasteiger partial charge in [-0.2, -0.15) is 0 Å². The van der Waals surface area contributed by atoms with Crippen LogP contribution in [0, 0.1) is 0 Å². The smallest absolute Gasteiger partial charge is 0.0440 e. The van der Waals surface area contributed by atoms with Crippen molar-refractivity contribution in [3.8, 4) is 43.1 Å². The second kappa shape index (κ2) is 13.5. The van der Waals surface area contributed by atoms with Crippen LogP contribution in [0.25, 0.3) is 129 Å². The molecule has 0 bridgehead atoms. The highest BCUT2D eigenvalue weighted by molar-refractivity contribution is 7.20. The van der Waals surface area contributed by atoms with Crippen molar-refractivity contribution in [3.63, 3.8) is 0 Å². The van der Waals surface area contributed by atoms with Crippen LogP contribution >= 0.6 is 11.3 Å². The zero-order valence-corrected chi connectivity index (χ0v) is 34.0. The molecule has 0 N–H and O–H groups in total. The summed E-state index contributed by atoms with van der Waals surface area (Å²) >= 11 is 1.96. The molecule has 1 aromatic heterocycles. The van der Waals surface area contributed by atoms with Crippen molar-refractivity contribution >= 4 is 97.5 Å². The van der Waals surface area contributed by atoms with Crippen LogP contribution in [0.15, 0.2) is 218 Å². The summed E-state index contributed by atoms with van der Waals surface area (Å²) in [5, 5.41) is 20.2. The van der Waals surface area contributed by atoms with Crippen LogP contribution in [-0.4, -0.2) is 0 Å². The molecule has 0 spiro atoms. The summed E-state index contributed by atoms with van der Waals surface area (Å²) in [6.45, 7) is 0. The predicted octanol–water partition coefficient (Wildman–Crippen LogP) is 17.6. The van der Waals surface area contributed by atoms with Crippen LogP contribution in [-0.2, 0) is 0 Å². The fourth-order valence-electron chi connectivity index (χ4n) is 10.4. The van der Waals surface area contributed by atoms with Crippen LogP contribution in [0.3, 0.4) is 0 Å². The van der Waals surface area contributed by atoms with Gasteiger partial charge >= 0.3 is 0 Å². The number of fused-ring (bicyclic) bond motifs is 12. The summed E-state index contributed by atoms with van der Waals surface area (Å²) in [6.07, 6.45) is 0. The van der Waals surface area contributed by atoms with Crippen LogP contribution in [0.4, 0.5) is 0 Å². The van der Waals surface area contributed by atoms with Gasteiger partial charge in [0.05, 0.1) is 0 Å². The van der Waals surface area contributed by atoms with E-state index in [9.17, 15) is 0 Å². The maximum atomic E-state index is 2.39. The minimum Gasteiger partial charge on any atom is -0.134 e. The highest BCUT2D eigenvalue weighted by atomic mass is 32.1. The van der Waals surface area contributed by atoms with Crippen LogP contribution < -0.4 is 0 Å². The van der Waals surface area contributed by atoms with E-state index in [1.807, 2.05) is 11.3 Å². The van der Waals surface area contributed by atoms with Gasteiger partial charge in [-0.15, -0.1) is 11.3 Å². The highest BCUT2D eigenvalue weighted by Gasteiger charge is 2.28. The molecule has 282 valence electrons. The fourth-order valence-corrected chi connectivity index (χ4v) is 11.7. The lowest BCUT2D eigenvalue weighted by Gasteiger charge is -2.18. The third-order valence-electron chi connectivity index (χ3n) is 13.0. The first-order valence-corrected chi connectivity index (χ1v) is 21.9. The summed E-state index contributed by atoms with van der Waals surface area (Å²) in [7, 11) is 0. The minimum atomic E-state index is 1.24. The molecule has 0 nitrogen and oxygen atoms in total. The molecule has 0 saturated carbocycles. The third kappa shape index (κ3) is 5.18. The van der Waals surface area contributed by atoms with E-state index >= 15 is 0 Å². The molecule has 0 atom stereocenters. The van der Waals surface area contributed by atoms with Crippen molar-refractivity contribution in [1.82, 2.24) is 0 Å². The lowest BCUT2D eigenvalue weighted by atomic mass is 9.84. The lowest BCUT2D eigenvalue weighted by molar-refractivity contribution is 1.68. The van der Waals surface area contributed by atoms with Gasteiger partial charge in [-0.1, -0.05) is 218 Å². The van der Waals surface area contributed by atoms with Gasteiger partial charge in [-0.3, -0.25) is 0 Å². The Morgan fingerprint density at radius 3 is 0.770 bits per heavy atom. The van der Waals surface area contributed by atoms with Gasteiger partial charge < -0.3 is 0 Å². The first-order chi connectivity index (χ1) is 30.3. The minimum absolute atomic E-state index is 1.24. The number of hydrogen-bond acceptors (Lipinski definition) is 1. The monoisotopic (exact) mass is 788 g/mol. The van der Waals surface area contributed by atoms with Gasteiger partial charge in [0.2, 0.25) is 0 Å². The van der Waals surface area contributed by atoms with E-state index < -0.39 is 0 Å². The average molecular weight is 789 g/mol. The SMILES string of the molecule is c1ccc2c(c1)ccc1cccc(-c3sc(-c4cccc5ccc6ccccc6c45)c(-c4cccc5ccc6ccccc6c45)c3-c3cccc4ccc5ccccc5c34)c12. The largest absolute Gasteiger partial charge is 0.134 e. The van der Waals surface area contributed by atoms with Crippen molar-refractivity contribution in [2.75, 3.05) is 0 Å².